The SMILES string of the molecule is CCOC(=O)C1CCCN(C(=O)c2coc(CN(CCc3c[nH]c4ccccc34)Cc3ccc(Cl)cc3)n2)C1. The number of hydrogen-bond acceptors (Lipinski definition) is 6. The largest absolute Gasteiger partial charge is 0.466 e. The van der Waals surface area contributed by atoms with Crippen LogP contribution in [-0.2, 0) is 29.0 Å². The molecule has 1 saturated heterocycles. The monoisotopic (exact) mass is 548 g/mol. The number of aromatic nitrogens is 2. The molecule has 1 amide bonds. The number of oxazole rings is 1. The number of nitrogens with one attached hydrogen (secondary N) is 1. The van der Waals surface area contributed by atoms with E-state index >= 15 is 0 Å². The Bertz CT molecular complexity index is 1410. The Morgan fingerprint density at radius 1 is 1.18 bits per heavy atom. The van der Waals surface area contributed by atoms with Crippen molar-refractivity contribution in [2.45, 2.75) is 39.3 Å². The minimum atomic E-state index is -0.298. The Balaban J connectivity index is 1.27. The number of fused-ring (bicyclic) bond motifs is 1. The lowest BCUT2D eigenvalue weighted by molar-refractivity contribution is -0.149. The van der Waals surface area contributed by atoms with Crippen LogP contribution in [0.5, 0.6) is 0 Å². The maximum atomic E-state index is 13.2. The fraction of sp³-hybridized carbons (Fsp3) is 0.367. The van der Waals surface area contributed by atoms with E-state index in [-0.39, 0.29) is 23.5 Å². The number of esters is 1. The lowest BCUT2D eigenvalue weighted by Crippen LogP contribution is -2.43. The minimum Gasteiger partial charge on any atom is -0.466 e. The Hall–Kier alpha value is -3.62. The second-order valence-electron chi connectivity index (χ2n) is 9.92. The van der Waals surface area contributed by atoms with Gasteiger partial charge in [0.05, 0.1) is 19.1 Å². The molecule has 4 aromatic rings. The van der Waals surface area contributed by atoms with Crippen LogP contribution in [0.25, 0.3) is 10.9 Å². The van der Waals surface area contributed by atoms with Crippen LogP contribution in [0.15, 0.2) is 65.4 Å². The molecular formula is C30H33ClN4O4. The first-order valence-corrected chi connectivity index (χ1v) is 13.8. The quantitative estimate of drug-likeness (QED) is 0.264. The summed E-state index contributed by atoms with van der Waals surface area (Å²) in [5.41, 5.74) is 3.75. The van der Waals surface area contributed by atoms with Crippen LogP contribution in [0.1, 0.15) is 47.3 Å². The maximum absolute atomic E-state index is 13.2. The molecule has 1 aliphatic rings. The van der Waals surface area contributed by atoms with Gasteiger partial charge >= 0.3 is 5.97 Å². The van der Waals surface area contributed by atoms with Crippen molar-refractivity contribution in [2.24, 2.45) is 5.92 Å². The number of benzene rings is 2. The first kappa shape index (κ1) is 27.0. The molecule has 0 spiro atoms. The number of halogens is 1. The highest BCUT2D eigenvalue weighted by Gasteiger charge is 2.31. The fourth-order valence-electron chi connectivity index (χ4n) is 5.13. The van der Waals surface area contributed by atoms with E-state index in [1.54, 1.807) is 11.8 Å². The molecular weight excluding hydrogens is 516 g/mol. The van der Waals surface area contributed by atoms with Crippen molar-refractivity contribution in [3.63, 3.8) is 0 Å². The number of piperidine rings is 1. The number of amides is 1. The minimum absolute atomic E-state index is 0.220. The summed E-state index contributed by atoms with van der Waals surface area (Å²) < 4.78 is 10.9. The van der Waals surface area contributed by atoms with Crippen molar-refractivity contribution < 1.29 is 18.7 Å². The van der Waals surface area contributed by atoms with E-state index in [1.807, 2.05) is 36.4 Å². The molecule has 0 bridgehead atoms. The Morgan fingerprint density at radius 3 is 2.82 bits per heavy atom. The van der Waals surface area contributed by atoms with Gasteiger partial charge in [0, 0.05) is 48.3 Å². The second-order valence-corrected chi connectivity index (χ2v) is 10.4. The highest BCUT2D eigenvalue weighted by atomic mass is 35.5. The summed E-state index contributed by atoms with van der Waals surface area (Å²) in [5, 5.41) is 1.92. The number of carbonyl (C=O) groups excluding carboxylic acids is 2. The fourth-order valence-corrected chi connectivity index (χ4v) is 5.25. The molecule has 39 heavy (non-hydrogen) atoms. The van der Waals surface area contributed by atoms with E-state index in [0.717, 1.165) is 36.9 Å². The molecule has 0 aliphatic carbocycles. The smallest absolute Gasteiger partial charge is 0.310 e. The molecule has 3 heterocycles. The molecule has 9 heteroatoms. The topological polar surface area (TPSA) is 91.7 Å². The third-order valence-electron chi connectivity index (χ3n) is 7.15. The number of likely N-dealkylation sites (tertiary alicyclic amines) is 1. The van der Waals surface area contributed by atoms with Gasteiger partial charge < -0.3 is 19.0 Å². The average Bonchev–Trinajstić information content (AvgIpc) is 3.60. The van der Waals surface area contributed by atoms with E-state index in [9.17, 15) is 9.59 Å². The maximum Gasteiger partial charge on any atom is 0.310 e. The van der Waals surface area contributed by atoms with Crippen molar-refractivity contribution in [3.8, 4) is 0 Å². The van der Waals surface area contributed by atoms with Crippen LogP contribution < -0.4 is 0 Å². The van der Waals surface area contributed by atoms with Gasteiger partial charge in [-0.15, -0.1) is 0 Å². The van der Waals surface area contributed by atoms with Gasteiger partial charge in [-0.3, -0.25) is 14.5 Å². The Morgan fingerprint density at radius 2 is 2.00 bits per heavy atom. The van der Waals surface area contributed by atoms with E-state index in [1.165, 1.54) is 17.2 Å². The average molecular weight is 549 g/mol. The number of nitrogens with zero attached hydrogens (tertiary/aromatic N) is 3. The van der Waals surface area contributed by atoms with Gasteiger partial charge in [-0.2, -0.15) is 0 Å². The van der Waals surface area contributed by atoms with Gasteiger partial charge in [-0.05, 0) is 55.5 Å². The molecule has 5 rings (SSSR count). The molecule has 2 aromatic carbocycles. The predicted octanol–water partition coefficient (Wildman–Crippen LogP) is 5.47. The van der Waals surface area contributed by atoms with Crippen LogP contribution in [-0.4, -0.2) is 57.9 Å². The zero-order valence-corrected chi connectivity index (χ0v) is 22.8. The number of aromatic amines is 1. The Labute approximate surface area is 232 Å². The van der Waals surface area contributed by atoms with Crippen LogP contribution in [0.2, 0.25) is 5.02 Å². The molecule has 1 aliphatic heterocycles. The lowest BCUT2D eigenvalue weighted by Gasteiger charge is -2.30. The highest BCUT2D eigenvalue weighted by Crippen LogP contribution is 2.22. The van der Waals surface area contributed by atoms with E-state index < -0.39 is 0 Å². The van der Waals surface area contributed by atoms with Gasteiger partial charge in [0.25, 0.3) is 5.91 Å². The summed E-state index contributed by atoms with van der Waals surface area (Å²) in [4.78, 5) is 37.2. The van der Waals surface area contributed by atoms with Crippen LogP contribution >= 0.6 is 11.6 Å². The van der Waals surface area contributed by atoms with Gasteiger partial charge in [-0.1, -0.05) is 41.9 Å². The zero-order chi connectivity index (χ0) is 27.2. The van der Waals surface area contributed by atoms with Crippen molar-refractivity contribution in [1.29, 1.82) is 0 Å². The van der Waals surface area contributed by atoms with E-state index in [2.05, 4.69) is 33.2 Å². The van der Waals surface area contributed by atoms with Crippen molar-refractivity contribution >= 4 is 34.4 Å². The Kier molecular flexibility index (Phi) is 8.64. The molecule has 8 nitrogen and oxygen atoms in total. The molecule has 204 valence electrons. The third kappa shape index (κ3) is 6.69. The number of carbonyl (C=O) groups is 2. The highest BCUT2D eigenvalue weighted by molar-refractivity contribution is 6.30. The van der Waals surface area contributed by atoms with Crippen LogP contribution in [0.4, 0.5) is 0 Å². The molecule has 1 atom stereocenters. The summed E-state index contributed by atoms with van der Waals surface area (Å²) in [6, 6.07) is 16.1. The van der Waals surface area contributed by atoms with Crippen molar-refractivity contribution in [2.75, 3.05) is 26.2 Å². The normalized spacial score (nSPS) is 15.7. The van der Waals surface area contributed by atoms with E-state index in [0.29, 0.717) is 43.7 Å². The van der Waals surface area contributed by atoms with Gasteiger partial charge in [0.15, 0.2) is 5.69 Å². The second kappa shape index (κ2) is 12.5. The summed E-state index contributed by atoms with van der Waals surface area (Å²) in [6.07, 6.45) is 5.81. The standard InChI is InChI=1S/C30H33ClN4O4/c1-2-38-30(37)23-6-5-14-35(18-23)29(36)27-20-39-28(33-27)19-34(17-21-9-11-24(31)12-10-21)15-13-22-16-32-26-8-4-3-7-25(22)26/h3-4,7-12,16,20,23,32H,2,5-6,13-15,17-19H2,1H3. The predicted molar refractivity (Wildman–Crippen MR) is 149 cm³/mol. The molecule has 0 radical (unpaired) electrons. The van der Waals surface area contributed by atoms with E-state index in [4.69, 9.17) is 20.8 Å². The van der Waals surface area contributed by atoms with Gasteiger partial charge in [-0.25, -0.2) is 4.98 Å². The number of hydrogen-bond donors (Lipinski definition) is 1. The lowest BCUT2D eigenvalue weighted by atomic mass is 9.98. The van der Waals surface area contributed by atoms with Crippen molar-refractivity contribution in [3.05, 3.63) is 88.7 Å². The first-order valence-electron chi connectivity index (χ1n) is 13.4. The zero-order valence-electron chi connectivity index (χ0n) is 22.1. The van der Waals surface area contributed by atoms with Crippen molar-refractivity contribution in [1.82, 2.24) is 19.8 Å². The van der Waals surface area contributed by atoms with Gasteiger partial charge in [0.2, 0.25) is 5.89 Å². The molecule has 2 aromatic heterocycles. The van der Waals surface area contributed by atoms with Crippen LogP contribution in [0, 0.1) is 5.92 Å². The molecule has 0 saturated carbocycles. The molecule has 1 fully saturated rings. The number of ether oxygens (including phenoxy) is 1. The van der Waals surface area contributed by atoms with Crippen LogP contribution in [0.3, 0.4) is 0 Å². The first-order chi connectivity index (χ1) is 19.0. The van der Waals surface area contributed by atoms with Gasteiger partial charge in [0.1, 0.15) is 6.26 Å². The number of para-hydroxylation sites is 1. The summed E-state index contributed by atoms with van der Waals surface area (Å²) in [7, 11) is 0. The number of H-pyrrole nitrogens is 1. The summed E-state index contributed by atoms with van der Waals surface area (Å²) >= 11 is 6.10. The summed E-state index contributed by atoms with van der Waals surface area (Å²) in [6.45, 7) is 4.95. The summed E-state index contributed by atoms with van der Waals surface area (Å²) in [5.74, 6) is -0.287. The molecule has 1 N–H and O–H groups in total. The number of rotatable bonds is 10. The molecule has 1 unspecified atom stereocenters. The third-order valence-corrected chi connectivity index (χ3v) is 7.40.